The Bertz CT molecular complexity index is 715. The van der Waals surface area contributed by atoms with Crippen molar-refractivity contribution in [2.24, 2.45) is 0 Å². The Balaban J connectivity index is 1.35. The molecule has 6 nitrogen and oxygen atoms in total. The van der Waals surface area contributed by atoms with Gasteiger partial charge in [-0.15, -0.1) is 0 Å². The Hall–Kier alpha value is -2.44. The van der Waals surface area contributed by atoms with Gasteiger partial charge in [0.25, 0.3) is 0 Å². The number of hydrogen-bond donors (Lipinski definition) is 2. The molecule has 0 spiro atoms. The van der Waals surface area contributed by atoms with E-state index in [4.69, 9.17) is 14.2 Å². The molecule has 0 saturated carbocycles. The fraction of sp³-hybridized carbons (Fsp3) is 0.500. The molecule has 0 amide bonds. The maximum absolute atomic E-state index is 10.2. The summed E-state index contributed by atoms with van der Waals surface area (Å²) in [6.07, 6.45) is 2.94. The number of aliphatic hydroxyl groups excluding tert-OH is 1. The quantitative estimate of drug-likeness (QED) is 0.513. The largest absolute Gasteiger partial charge is 0.491 e. The van der Waals surface area contributed by atoms with E-state index in [1.165, 1.54) is 19.3 Å². The molecule has 2 N–H and O–H groups in total. The maximum atomic E-state index is 10.2. The van der Waals surface area contributed by atoms with Crippen molar-refractivity contribution in [1.82, 2.24) is 0 Å². The highest BCUT2D eigenvalue weighted by molar-refractivity contribution is 5.49. The van der Waals surface area contributed by atoms with Gasteiger partial charge in [0.1, 0.15) is 30.8 Å². The number of rotatable bonds is 12. The number of anilines is 2. The smallest absolute Gasteiger partial charge is 0.122 e. The molecule has 1 aliphatic heterocycles. The lowest BCUT2D eigenvalue weighted by Gasteiger charge is -2.28. The van der Waals surface area contributed by atoms with Crippen LogP contribution in [0.4, 0.5) is 11.4 Å². The average Bonchev–Trinajstić information content (AvgIpc) is 2.81. The summed E-state index contributed by atoms with van der Waals surface area (Å²) >= 11 is 0. The third kappa shape index (κ3) is 7.43. The molecule has 6 heteroatoms. The summed E-state index contributed by atoms with van der Waals surface area (Å²) in [4.78, 5) is 2.29. The van der Waals surface area contributed by atoms with E-state index in [-0.39, 0.29) is 13.2 Å². The van der Waals surface area contributed by atoms with Crippen LogP contribution in [0.2, 0.25) is 0 Å². The van der Waals surface area contributed by atoms with Gasteiger partial charge in [-0.25, -0.2) is 0 Å². The van der Waals surface area contributed by atoms with E-state index in [0.29, 0.717) is 0 Å². The molecule has 1 heterocycles. The molecule has 1 atom stereocenters. The first-order valence-corrected chi connectivity index (χ1v) is 10.9. The van der Waals surface area contributed by atoms with Gasteiger partial charge in [0.05, 0.1) is 13.2 Å². The van der Waals surface area contributed by atoms with Crippen molar-refractivity contribution < 1.29 is 19.3 Å². The van der Waals surface area contributed by atoms with Crippen LogP contribution in [0.1, 0.15) is 26.2 Å². The Labute approximate surface area is 179 Å². The minimum absolute atomic E-state index is 0.188. The van der Waals surface area contributed by atoms with Crippen molar-refractivity contribution in [2.75, 3.05) is 56.3 Å². The monoisotopic (exact) mass is 414 g/mol. The van der Waals surface area contributed by atoms with E-state index < -0.39 is 6.10 Å². The summed E-state index contributed by atoms with van der Waals surface area (Å²) in [6.45, 7) is 6.91. The zero-order chi connectivity index (χ0) is 21.0. The topological polar surface area (TPSA) is 63.2 Å². The Kier molecular flexibility index (Phi) is 9.12. The van der Waals surface area contributed by atoms with Gasteiger partial charge in [-0.1, -0.05) is 19.8 Å². The number of benzene rings is 2. The van der Waals surface area contributed by atoms with Crippen LogP contribution in [0.25, 0.3) is 0 Å². The number of nitrogens with zero attached hydrogens (tertiary/aromatic N) is 1. The van der Waals surface area contributed by atoms with Crippen LogP contribution < -0.4 is 19.7 Å². The first-order chi connectivity index (χ1) is 14.7. The van der Waals surface area contributed by atoms with Crippen molar-refractivity contribution >= 4 is 11.4 Å². The van der Waals surface area contributed by atoms with Crippen molar-refractivity contribution in [2.45, 2.75) is 32.3 Å². The molecule has 2 aromatic carbocycles. The maximum Gasteiger partial charge on any atom is 0.122 e. The van der Waals surface area contributed by atoms with Crippen molar-refractivity contribution in [3.63, 3.8) is 0 Å². The van der Waals surface area contributed by atoms with E-state index in [1.807, 2.05) is 48.5 Å². The summed E-state index contributed by atoms with van der Waals surface area (Å²) in [5, 5.41) is 13.6. The van der Waals surface area contributed by atoms with Gasteiger partial charge in [0, 0.05) is 31.0 Å². The minimum atomic E-state index is -0.698. The zero-order valence-electron chi connectivity index (χ0n) is 17.9. The highest BCUT2D eigenvalue weighted by atomic mass is 16.5. The van der Waals surface area contributed by atoms with Gasteiger partial charge in [-0.3, -0.25) is 0 Å². The molecule has 0 radical (unpaired) electrons. The van der Waals surface area contributed by atoms with E-state index in [9.17, 15) is 5.11 Å². The molecule has 3 rings (SSSR count). The predicted molar refractivity (Wildman–Crippen MR) is 121 cm³/mol. The Morgan fingerprint density at radius 3 is 2.13 bits per heavy atom. The molecular weight excluding hydrogens is 380 g/mol. The first kappa shape index (κ1) is 22.2. The molecule has 1 fully saturated rings. The number of aliphatic hydroxyl groups is 1. The highest BCUT2D eigenvalue weighted by Gasteiger charge is 2.11. The van der Waals surface area contributed by atoms with Crippen LogP contribution >= 0.6 is 0 Å². The fourth-order valence-electron chi connectivity index (χ4n) is 3.28. The van der Waals surface area contributed by atoms with Gasteiger partial charge in [0.15, 0.2) is 0 Å². The lowest BCUT2D eigenvalue weighted by Crippen LogP contribution is -2.36. The Morgan fingerprint density at radius 2 is 1.53 bits per heavy atom. The van der Waals surface area contributed by atoms with Crippen molar-refractivity contribution in [3.05, 3.63) is 48.5 Å². The van der Waals surface area contributed by atoms with Gasteiger partial charge < -0.3 is 29.5 Å². The zero-order valence-corrected chi connectivity index (χ0v) is 17.9. The van der Waals surface area contributed by atoms with Crippen LogP contribution in [-0.4, -0.2) is 57.3 Å². The second-order valence-electron chi connectivity index (χ2n) is 7.53. The molecule has 0 aromatic heterocycles. The summed E-state index contributed by atoms with van der Waals surface area (Å²) in [7, 11) is 0. The normalized spacial score (nSPS) is 14.9. The number of unbranched alkanes of at least 4 members (excludes halogenated alkanes) is 2. The molecular formula is C24H34N2O4. The van der Waals surface area contributed by atoms with E-state index in [2.05, 4.69) is 17.1 Å². The van der Waals surface area contributed by atoms with Crippen molar-refractivity contribution in [3.8, 4) is 11.5 Å². The summed E-state index contributed by atoms with van der Waals surface area (Å²) in [6, 6.07) is 15.8. The van der Waals surface area contributed by atoms with Gasteiger partial charge in [-0.05, 0) is 55.0 Å². The van der Waals surface area contributed by atoms with E-state index in [1.54, 1.807) is 0 Å². The lowest BCUT2D eigenvalue weighted by molar-refractivity contribution is 0.0626. The molecule has 1 aliphatic rings. The number of nitrogens with one attached hydrogen (secondary N) is 1. The second-order valence-corrected chi connectivity index (χ2v) is 7.53. The van der Waals surface area contributed by atoms with Crippen LogP contribution in [0.3, 0.4) is 0 Å². The number of morpholine rings is 1. The van der Waals surface area contributed by atoms with Gasteiger partial charge in [-0.2, -0.15) is 0 Å². The third-order valence-electron chi connectivity index (χ3n) is 5.06. The van der Waals surface area contributed by atoms with Crippen LogP contribution in [0, 0.1) is 0 Å². The van der Waals surface area contributed by atoms with Crippen LogP contribution in [0.15, 0.2) is 48.5 Å². The molecule has 1 saturated heterocycles. The average molecular weight is 415 g/mol. The second kappa shape index (κ2) is 12.3. The summed E-state index contributed by atoms with van der Waals surface area (Å²) < 4.78 is 16.8. The summed E-state index contributed by atoms with van der Waals surface area (Å²) in [5.74, 6) is 1.48. The highest BCUT2D eigenvalue weighted by Crippen LogP contribution is 2.21. The fourth-order valence-corrected chi connectivity index (χ4v) is 3.28. The van der Waals surface area contributed by atoms with Crippen LogP contribution in [-0.2, 0) is 4.74 Å². The standard InChI is InChI=1S/C24H34N2O4/c1-2-3-4-13-25-20-5-9-23(10-6-20)29-18-22(27)19-30-24-11-7-21(8-12-24)26-14-16-28-17-15-26/h5-12,22,25,27H,2-4,13-19H2,1H3. The molecule has 164 valence electrons. The molecule has 0 bridgehead atoms. The lowest BCUT2D eigenvalue weighted by atomic mass is 10.2. The van der Waals surface area contributed by atoms with Gasteiger partial charge >= 0.3 is 0 Å². The summed E-state index contributed by atoms with van der Waals surface area (Å²) in [5.41, 5.74) is 2.25. The first-order valence-electron chi connectivity index (χ1n) is 10.9. The SMILES string of the molecule is CCCCCNc1ccc(OCC(O)COc2ccc(N3CCOCC3)cc2)cc1. The third-order valence-corrected chi connectivity index (χ3v) is 5.06. The van der Waals surface area contributed by atoms with E-state index >= 15 is 0 Å². The van der Waals surface area contributed by atoms with Crippen molar-refractivity contribution in [1.29, 1.82) is 0 Å². The number of hydrogen-bond acceptors (Lipinski definition) is 6. The van der Waals surface area contributed by atoms with Gasteiger partial charge in [0.2, 0.25) is 0 Å². The molecule has 2 aromatic rings. The minimum Gasteiger partial charge on any atom is -0.491 e. The molecule has 0 aliphatic carbocycles. The Morgan fingerprint density at radius 1 is 0.933 bits per heavy atom. The number of ether oxygens (including phenoxy) is 3. The predicted octanol–water partition coefficient (Wildman–Crippen LogP) is 3.94. The molecule has 1 unspecified atom stereocenters. The van der Waals surface area contributed by atoms with Crippen LogP contribution in [0.5, 0.6) is 11.5 Å². The van der Waals surface area contributed by atoms with E-state index in [0.717, 1.165) is 55.7 Å². The molecule has 30 heavy (non-hydrogen) atoms.